The van der Waals surface area contributed by atoms with Crippen molar-refractivity contribution in [3.63, 3.8) is 0 Å². The number of carbonyl (C=O) groups is 1. The van der Waals surface area contributed by atoms with Gasteiger partial charge >= 0.3 is 0 Å². The predicted molar refractivity (Wildman–Crippen MR) is 114 cm³/mol. The van der Waals surface area contributed by atoms with Crippen molar-refractivity contribution < 1.29 is 9.18 Å². The van der Waals surface area contributed by atoms with Gasteiger partial charge < -0.3 is 5.32 Å². The van der Waals surface area contributed by atoms with E-state index in [4.69, 9.17) is 23.2 Å². The van der Waals surface area contributed by atoms with Crippen molar-refractivity contribution in [2.24, 2.45) is 0 Å². The zero-order valence-electron chi connectivity index (χ0n) is 15.8. The molecule has 0 bridgehead atoms. The third kappa shape index (κ3) is 4.37. The molecular formula is C21H16Cl2FN5O. The monoisotopic (exact) mass is 443 g/mol. The summed E-state index contributed by atoms with van der Waals surface area (Å²) in [5.74, 6) is -0.378. The van der Waals surface area contributed by atoms with Crippen LogP contribution in [0.25, 0.3) is 11.3 Å². The normalized spacial score (nSPS) is 10.9. The predicted octanol–water partition coefficient (Wildman–Crippen LogP) is 5.33. The quantitative estimate of drug-likeness (QED) is 0.437. The molecule has 0 saturated heterocycles. The van der Waals surface area contributed by atoms with E-state index >= 15 is 0 Å². The van der Waals surface area contributed by atoms with Crippen molar-refractivity contribution >= 4 is 34.9 Å². The fourth-order valence-electron chi connectivity index (χ4n) is 2.93. The van der Waals surface area contributed by atoms with Gasteiger partial charge in [0.2, 0.25) is 0 Å². The molecule has 0 spiro atoms. The van der Waals surface area contributed by atoms with Gasteiger partial charge in [0.05, 0.1) is 12.2 Å². The second kappa shape index (κ2) is 8.30. The first-order chi connectivity index (χ1) is 14.4. The third-order valence-corrected chi connectivity index (χ3v) is 5.12. The van der Waals surface area contributed by atoms with Gasteiger partial charge in [-0.3, -0.25) is 14.6 Å². The standard InChI is InChI=1S/C21H16Cl2FN5O/c1-12-8-20(28-29(12)11-14-4-7-16(24)9-17(14)23)25-21(30)19-10-18(26-27-19)13-2-5-15(22)6-3-13/h2-10H,11H2,1H3,(H,26,27)(H,25,28,30). The number of H-pyrrole nitrogens is 1. The molecule has 0 fully saturated rings. The second-order valence-electron chi connectivity index (χ2n) is 6.69. The first kappa shape index (κ1) is 20.1. The molecule has 2 aromatic heterocycles. The van der Waals surface area contributed by atoms with Gasteiger partial charge in [-0.15, -0.1) is 0 Å². The molecule has 2 N–H and O–H groups in total. The van der Waals surface area contributed by atoms with E-state index in [1.807, 2.05) is 19.1 Å². The third-order valence-electron chi connectivity index (χ3n) is 4.52. The van der Waals surface area contributed by atoms with Gasteiger partial charge in [0.25, 0.3) is 5.91 Å². The van der Waals surface area contributed by atoms with Crippen molar-refractivity contribution in [3.05, 3.63) is 87.4 Å². The Balaban J connectivity index is 1.48. The number of nitrogens with zero attached hydrogens (tertiary/aromatic N) is 3. The Hall–Kier alpha value is -3.16. The number of rotatable bonds is 5. The van der Waals surface area contributed by atoms with Gasteiger partial charge in [-0.05, 0) is 42.8 Å². The van der Waals surface area contributed by atoms with E-state index in [0.717, 1.165) is 16.8 Å². The van der Waals surface area contributed by atoms with E-state index in [0.29, 0.717) is 33.8 Å². The molecule has 0 unspecified atom stereocenters. The van der Waals surface area contributed by atoms with Gasteiger partial charge in [-0.2, -0.15) is 10.2 Å². The number of anilines is 1. The highest BCUT2D eigenvalue weighted by molar-refractivity contribution is 6.31. The molecule has 0 aliphatic carbocycles. The number of nitrogens with one attached hydrogen (secondary N) is 2. The van der Waals surface area contributed by atoms with E-state index in [-0.39, 0.29) is 5.91 Å². The van der Waals surface area contributed by atoms with Gasteiger partial charge in [-0.1, -0.05) is 41.4 Å². The van der Waals surface area contributed by atoms with Crippen molar-refractivity contribution in [3.8, 4) is 11.3 Å². The summed E-state index contributed by atoms with van der Waals surface area (Å²) in [5.41, 5.74) is 3.31. The van der Waals surface area contributed by atoms with Crippen LogP contribution in [0.4, 0.5) is 10.2 Å². The van der Waals surface area contributed by atoms with Crippen LogP contribution in [-0.4, -0.2) is 25.9 Å². The van der Waals surface area contributed by atoms with Crippen LogP contribution in [0, 0.1) is 12.7 Å². The summed E-state index contributed by atoms with van der Waals surface area (Å²) in [7, 11) is 0. The summed E-state index contributed by atoms with van der Waals surface area (Å²) in [4.78, 5) is 12.6. The lowest BCUT2D eigenvalue weighted by atomic mass is 10.1. The summed E-state index contributed by atoms with van der Waals surface area (Å²) in [6.07, 6.45) is 0. The van der Waals surface area contributed by atoms with Crippen LogP contribution >= 0.6 is 23.2 Å². The summed E-state index contributed by atoms with van der Waals surface area (Å²) >= 11 is 12.0. The van der Waals surface area contributed by atoms with E-state index in [9.17, 15) is 9.18 Å². The molecule has 0 aliphatic heterocycles. The summed E-state index contributed by atoms with van der Waals surface area (Å²) < 4.78 is 14.9. The Bertz CT molecular complexity index is 1220. The molecule has 1 amide bonds. The Morgan fingerprint density at radius 3 is 2.63 bits per heavy atom. The van der Waals surface area contributed by atoms with Crippen LogP contribution in [0.5, 0.6) is 0 Å². The van der Waals surface area contributed by atoms with Crippen LogP contribution in [-0.2, 0) is 6.54 Å². The molecule has 0 atom stereocenters. The number of carbonyl (C=O) groups excluding carboxylic acids is 1. The van der Waals surface area contributed by atoms with Crippen molar-refractivity contribution in [1.29, 1.82) is 0 Å². The molecule has 0 radical (unpaired) electrons. The lowest BCUT2D eigenvalue weighted by Crippen LogP contribution is -2.13. The number of amides is 1. The maximum atomic E-state index is 13.2. The zero-order chi connectivity index (χ0) is 21.3. The summed E-state index contributed by atoms with van der Waals surface area (Å²) in [6.45, 7) is 2.21. The Kier molecular flexibility index (Phi) is 5.57. The highest BCUT2D eigenvalue weighted by Crippen LogP contribution is 2.22. The molecule has 4 aromatic rings. The van der Waals surface area contributed by atoms with Gasteiger partial charge in [0.15, 0.2) is 5.82 Å². The summed E-state index contributed by atoms with van der Waals surface area (Å²) in [5, 5.41) is 15.0. The van der Waals surface area contributed by atoms with E-state index in [1.54, 1.807) is 35.0 Å². The van der Waals surface area contributed by atoms with E-state index in [2.05, 4.69) is 20.6 Å². The number of aromatic amines is 1. The number of halogens is 3. The lowest BCUT2D eigenvalue weighted by molar-refractivity contribution is 0.102. The average Bonchev–Trinajstić information content (AvgIpc) is 3.32. The summed E-state index contributed by atoms with van der Waals surface area (Å²) in [6, 6.07) is 14.8. The molecular weight excluding hydrogens is 428 g/mol. The fraction of sp³-hybridized carbons (Fsp3) is 0.0952. The first-order valence-electron chi connectivity index (χ1n) is 9.00. The molecule has 152 valence electrons. The van der Waals surface area contributed by atoms with Gasteiger partial charge in [0, 0.05) is 27.4 Å². The molecule has 4 rings (SSSR count). The first-order valence-corrected chi connectivity index (χ1v) is 9.76. The Morgan fingerprint density at radius 2 is 1.90 bits per heavy atom. The van der Waals surface area contributed by atoms with Crippen LogP contribution in [0.1, 0.15) is 21.7 Å². The highest BCUT2D eigenvalue weighted by Gasteiger charge is 2.14. The molecule has 30 heavy (non-hydrogen) atoms. The van der Waals surface area contributed by atoms with Crippen molar-refractivity contribution in [2.45, 2.75) is 13.5 Å². The fourth-order valence-corrected chi connectivity index (χ4v) is 3.29. The van der Waals surface area contributed by atoms with Gasteiger partial charge in [-0.25, -0.2) is 4.39 Å². The van der Waals surface area contributed by atoms with Crippen LogP contribution in [0.15, 0.2) is 54.6 Å². The van der Waals surface area contributed by atoms with Crippen molar-refractivity contribution in [1.82, 2.24) is 20.0 Å². The van der Waals surface area contributed by atoms with Crippen LogP contribution in [0.3, 0.4) is 0 Å². The molecule has 2 aromatic carbocycles. The molecule has 6 nitrogen and oxygen atoms in total. The number of hydrogen-bond acceptors (Lipinski definition) is 3. The topological polar surface area (TPSA) is 75.6 Å². The Labute approximate surface area is 181 Å². The molecule has 9 heteroatoms. The van der Waals surface area contributed by atoms with Crippen LogP contribution < -0.4 is 5.32 Å². The van der Waals surface area contributed by atoms with Crippen molar-refractivity contribution in [2.75, 3.05) is 5.32 Å². The number of aromatic nitrogens is 4. The second-order valence-corrected chi connectivity index (χ2v) is 7.54. The van der Waals surface area contributed by atoms with E-state index in [1.165, 1.54) is 12.1 Å². The zero-order valence-corrected chi connectivity index (χ0v) is 17.3. The molecule has 0 saturated carbocycles. The largest absolute Gasteiger partial charge is 0.304 e. The highest BCUT2D eigenvalue weighted by atomic mass is 35.5. The minimum absolute atomic E-state index is 0.300. The maximum absolute atomic E-state index is 13.2. The molecule has 0 aliphatic rings. The minimum Gasteiger partial charge on any atom is -0.304 e. The number of hydrogen-bond donors (Lipinski definition) is 2. The van der Waals surface area contributed by atoms with E-state index < -0.39 is 5.82 Å². The van der Waals surface area contributed by atoms with Gasteiger partial charge in [0.1, 0.15) is 11.5 Å². The molecule has 2 heterocycles. The maximum Gasteiger partial charge on any atom is 0.274 e. The number of benzene rings is 2. The minimum atomic E-state index is -0.397. The lowest BCUT2D eigenvalue weighted by Gasteiger charge is -2.06. The Morgan fingerprint density at radius 1 is 1.13 bits per heavy atom. The average molecular weight is 444 g/mol. The number of aryl methyl sites for hydroxylation is 1. The SMILES string of the molecule is Cc1cc(NC(=O)c2cc(-c3ccc(Cl)cc3)n[nH]2)nn1Cc1ccc(F)cc1Cl. The van der Waals surface area contributed by atoms with Crippen LogP contribution in [0.2, 0.25) is 10.0 Å². The smallest absolute Gasteiger partial charge is 0.274 e.